The van der Waals surface area contributed by atoms with Gasteiger partial charge in [-0.25, -0.2) is 0 Å². The number of nitrogens with one attached hydrogen (secondary N) is 7. The fourth-order valence-electron chi connectivity index (χ4n) is 10.3. The van der Waals surface area contributed by atoms with Crippen molar-refractivity contribution in [3.8, 4) is 0 Å². The standard InChI is InChI=1S/C57H105N7O21/c1-35(2)64-57(31-47(73)63-26-15-24-60-44(70)18-8-13-29-82-56-38(5)50(76)53(79)41(34-67)85-56,20-19-45(71)61-25-14-23-59-43(69)17-7-12-28-81-55-37(4)49(75)52(78)40(33-66)84-55)30-46(72)62-22-10-9-21-58-42(68)16-6-11-27-80-54-36(3)48(74)51(77)39(32-65)83-54/h35-41,48-56,64-67,74-79H,6-34H2,1-5H3,(H,58,68)(H,59,69)(H,60,70)(H,61,71)(H,62,72)(H,63,73). The third kappa shape index (κ3) is 28.0. The summed E-state index contributed by atoms with van der Waals surface area (Å²) in [6, 6.07) is -0.195. The first-order chi connectivity index (χ1) is 40.6. The molecule has 16 unspecified atom stereocenters. The van der Waals surface area contributed by atoms with E-state index < -0.39 is 117 Å². The van der Waals surface area contributed by atoms with E-state index in [1.165, 1.54) is 0 Å². The lowest BCUT2D eigenvalue weighted by molar-refractivity contribution is -0.282. The summed E-state index contributed by atoms with van der Waals surface area (Å²) in [7, 11) is 0. The Kier molecular flexibility index (Phi) is 36.7. The van der Waals surface area contributed by atoms with E-state index in [0.29, 0.717) is 83.8 Å². The molecule has 0 bridgehead atoms. The van der Waals surface area contributed by atoms with Gasteiger partial charge < -0.3 is 112 Å². The number of hydrogen-bond donors (Lipinski definition) is 16. The van der Waals surface area contributed by atoms with Gasteiger partial charge in [-0.3, -0.25) is 28.8 Å². The summed E-state index contributed by atoms with van der Waals surface area (Å²) < 4.78 is 33.9. The lowest BCUT2D eigenvalue weighted by Gasteiger charge is -2.40. The number of unbranched alkanes of at least 4 members (excludes halogenated alkanes) is 4. The Morgan fingerprint density at radius 1 is 0.400 bits per heavy atom. The minimum absolute atomic E-state index is 0.0241. The van der Waals surface area contributed by atoms with E-state index in [4.69, 9.17) is 28.4 Å². The Hall–Kier alpha value is -3.82. The summed E-state index contributed by atoms with van der Waals surface area (Å²) in [5.74, 6) is -3.08. The summed E-state index contributed by atoms with van der Waals surface area (Å²) in [5, 5.41) is 110. The van der Waals surface area contributed by atoms with Crippen molar-refractivity contribution in [2.24, 2.45) is 17.8 Å². The van der Waals surface area contributed by atoms with Crippen LogP contribution in [0.5, 0.6) is 0 Å². The van der Waals surface area contributed by atoms with E-state index in [1.807, 2.05) is 13.8 Å². The number of aliphatic hydroxyl groups excluding tert-OH is 9. The van der Waals surface area contributed by atoms with Crippen LogP contribution in [0.25, 0.3) is 0 Å². The normalized spacial score (nSPS) is 28.5. The fraction of sp³-hybridized carbons (Fsp3) is 0.895. The predicted molar refractivity (Wildman–Crippen MR) is 306 cm³/mol. The molecule has 0 aromatic rings. The van der Waals surface area contributed by atoms with Gasteiger partial charge in [0.1, 0.15) is 36.6 Å². The van der Waals surface area contributed by atoms with Gasteiger partial charge in [-0.05, 0) is 70.6 Å². The van der Waals surface area contributed by atoms with Crippen molar-refractivity contribution in [1.82, 2.24) is 37.2 Å². The molecule has 3 aliphatic rings. The molecule has 3 saturated heterocycles. The van der Waals surface area contributed by atoms with Gasteiger partial charge in [0.05, 0.1) is 38.1 Å². The molecule has 0 saturated carbocycles. The molecule has 0 aliphatic carbocycles. The van der Waals surface area contributed by atoms with Gasteiger partial charge in [-0.2, -0.15) is 0 Å². The first-order valence-electron chi connectivity index (χ1n) is 30.7. The van der Waals surface area contributed by atoms with Gasteiger partial charge in [-0.1, -0.05) is 34.6 Å². The van der Waals surface area contributed by atoms with Crippen LogP contribution in [0.1, 0.15) is 144 Å². The molecule has 0 aromatic heterocycles. The van der Waals surface area contributed by atoms with Crippen molar-refractivity contribution in [1.29, 1.82) is 0 Å². The highest BCUT2D eigenvalue weighted by molar-refractivity contribution is 5.82. The molecule has 16 N–H and O–H groups in total. The predicted octanol–water partition coefficient (Wildman–Crippen LogP) is -2.67. The maximum Gasteiger partial charge on any atom is 0.221 e. The number of hydrogen-bond acceptors (Lipinski definition) is 22. The zero-order chi connectivity index (χ0) is 62.9. The second-order valence-electron chi connectivity index (χ2n) is 23.1. The van der Waals surface area contributed by atoms with Crippen molar-refractivity contribution >= 4 is 35.4 Å². The molecule has 494 valence electrons. The second-order valence-corrected chi connectivity index (χ2v) is 23.1. The average molecular weight is 1220 g/mol. The van der Waals surface area contributed by atoms with Gasteiger partial charge >= 0.3 is 0 Å². The minimum Gasteiger partial charge on any atom is -0.394 e. The fourth-order valence-corrected chi connectivity index (χ4v) is 10.3. The van der Waals surface area contributed by atoms with Crippen molar-refractivity contribution < 1.29 is 103 Å². The Balaban J connectivity index is 1.42. The topological polar surface area (TPSA) is 424 Å². The van der Waals surface area contributed by atoms with Crippen molar-refractivity contribution in [2.45, 2.75) is 229 Å². The molecule has 16 atom stereocenters. The number of ether oxygens (including phenoxy) is 6. The highest BCUT2D eigenvalue weighted by atomic mass is 16.7. The molecular weight excluding hydrogens is 1120 g/mol. The van der Waals surface area contributed by atoms with Crippen molar-refractivity contribution in [3.05, 3.63) is 0 Å². The molecule has 3 heterocycles. The summed E-state index contributed by atoms with van der Waals surface area (Å²) >= 11 is 0. The average Bonchev–Trinajstić information content (AvgIpc) is 3.65. The molecule has 6 amide bonds. The van der Waals surface area contributed by atoms with Gasteiger partial charge in [-0.15, -0.1) is 0 Å². The van der Waals surface area contributed by atoms with Crippen LogP contribution >= 0.6 is 0 Å². The van der Waals surface area contributed by atoms with Gasteiger partial charge in [0, 0.05) is 127 Å². The van der Waals surface area contributed by atoms with E-state index in [1.54, 1.807) is 20.8 Å². The lowest BCUT2D eigenvalue weighted by atomic mass is 9.84. The van der Waals surface area contributed by atoms with Crippen LogP contribution < -0.4 is 37.2 Å². The van der Waals surface area contributed by atoms with E-state index in [-0.39, 0.29) is 126 Å². The number of carbonyl (C=O) groups is 6. The molecule has 28 heteroatoms. The van der Waals surface area contributed by atoms with Gasteiger partial charge in [0.2, 0.25) is 35.4 Å². The second kappa shape index (κ2) is 41.4. The van der Waals surface area contributed by atoms with Crippen LogP contribution in [0.15, 0.2) is 0 Å². The smallest absolute Gasteiger partial charge is 0.221 e. The van der Waals surface area contributed by atoms with Crippen LogP contribution in [0.3, 0.4) is 0 Å². The molecule has 3 fully saturated rings. The molecule has 0 radical (unpaired) electrons. The molecule has 28 nitrogen and oxygen atoms in total. The highest BCUT2D eigenvalue weighted by Gasteiger charge is 2.45. The lowest BCUT2D eigenvalue weighted by Crippen LogP contribution is -2.55. The zero-order valence-electron chi connectivity index (χ0n) is 50.7. The third-order valence-corrected chi connectivity index (χ3v) is 15.5. The summed E-state index contributed by atoms with van der Waals surface area (Å²) in [6.07, 6.45) is -6.64. The maximum atomic E-state index is 13.6. The summed E-state index contributed by atoms with van der Waals surface area (Å²) in [6.45, 7) is 9.86. The first-order valence-corrected chi connectivity index (χ1v) is 30.7. The maximum absolute atomic E-state index is 13.6. The first kappa shape index (κ1) is 75.4. The van der Waals surface area contributed by atoms with E-state index in [9.17, 15) is 74.7 Å². The number of amides is 6. The molecule has 0 spiro atoms. The summed E-state index contributed by atoms with van der Waals surface area (Å²) in [4.78, 5) is 78.1. The number of rotatable bonds is 43. The van der Waals surface area contributed by atoms with E-state index in [0.717, 1.165) is 0 Å². The summed E-state index contributed by atoms with van der Waals surface area (Å²) in [5.41, 5.74) is -1.14. The Morgan fingerprint density at radius 3 is 0.976 bits per heavy atom. The molecule has 85 heavy (non-hydrogen) atoms. The van der Waals surface area contributed by atoms with Crippen LogP contribution in [0.4, 0.5) is 0 Å². The molecule has 3 aliphatic heterocycles. The van der Waals surface area contributed by atoms with Crippen molar-refractivity contribution in [3.63, 3.8) is 0 Å². The largest absolute Gasteiger partial charge is 0.394 e. The van der Waals surface area contributed by atoms with E-state index >= 15 is 0 Å². The SMILES string of the molecule is CC(C)NC(CCC(=O)NCCCNC(=O)CCCCOC1OC(CO)C(O)C(O)C1C)(CC(=O)NCCCCNC(=O)CCCCOC1OC(CO)C(O)C(O)C1C)CC(=O)NCCCNC(=O)CCCCOC1OC(CO)C(O)C(O)C1C. The molecule has 3 rings (SSSR count). The quantitative estimate of drug-likeness (QED) is 0.0277. The van der Waals surface area contributed by atoms with Crippen LogP contribution in [-0.4, -0.2) is 246 Å². The Labute approximate surface area is 500 Å². The monoisotopic (exact) mass is 1220 g/mol. The van der Waals surface area contributed by atoms with Gasteiger partial charge in [0.15, 0.2) is 18.9 Å². The van der Waals surface area contributed by atoms with Crippen LogP contribution in [0.2, 0.25) is 0 Å². The van der Waals surface area contributed by atoms with Crippen LogP contribution in [0, 0.1) is 17.8 Å². The van der Waals surface area contributed by atoms with Gasteiger partial charge in [0.25, 0.3) is 0 Å². The van der Waals surface area contributed by atoms with Crippen LogP contribution in [-0.2, 0) is 57.2 Å². The molecular formula is C57H105N7O21. The van der Waals surface area contributed by atoms with Crippen molar-refractivity contribution in [2.75, 3.05) is 78.9 Å². The third-order valence-electron chi connectivity index (χ3n) is 15.5. The van der Waals surface area contributed by atoms with E-state index in [2.05, 4.69) is 37.2 Å². The minimum atomic E-state index is -1.22. The Bertz CT molecular complexity index is 1930. The number of aliphatic hydroxyl groups is 9. The molecule has 0 aromatic carbocycles. The highest BCUT2D eigenvalue weighted by Crippen LogP contribution is 2.30. The zero-order valence-corrected chi connectivity index (χ0v) is 50.7. The Morgan fingerprint density at radius 2 is 0.682 bits per heavy atom. The number of carbonyl (C=O) groups excluding carboxylic acids is 6.